The van der Waals surface area contributed by atoms with E-state index in [9.17, 15) is 4.79 Å². The molecule has 20 heavy (non-hydrogen) atoms. The van der Waals surface area contributed by atoms with Crippen LogP contribution in [0.15, 0.2) is 36.4 Å². The monoisotopic (exact) mass is 310 g/mol. The van der Waals surface area contributed by atoms with Gasteiger partial charge in [0.15, 0.2) is 0 Å². The summed E-state index contributed by atoms with van der Waals surface area (Å²) in [4.78, 5) is 11.7. The Hall–Kier alpha value is -1.91. The lowest BCUT2D eigenvalue weighted by Crippen LogP contribution is -2.06. The number of hydrogen-bond acceptors (Lipinski definition) is 4. The fourth-order valence-corrected chi connectivity index (χ4v) is 2.26. The maximum absolute atomic E-state index is 11.7. The minimum atomic E-state index is -0.479. The Morgan fingerprint density at radius 3 is 2.40 bits per heavy atom. The summed E-state index contributed by atoms with van der Waals surface area (Å²) in [5.74, 6) is -0.479. The van der Waals surface area contributed by atoms with Crippen LogP contribution in [0.2, 0.25) is 10.0 Å². The van der Waals surface area contributed by atoms with E-state index < -0.39 is 5.97 Å². The predicted octanol–water partition coefficient (Wildman–Crippen LogP) is 4.11. The van der Waals surface area contributed by atoms with E-state index in [1.807, 2.05) is 0 Å². The van der Waals surface area contributed by atoms with Gasteiger partial charge in [-0.3, -0.25) is 0 Å². The van der Waals surface area contributed by atoms with E-state index in [0.717, 1.165) is 0 Å². The number of carbonyl (C=O) groups excluding carboxylic acids is 1. The maximum atomic E-state index is 11.7. The molecule has 2 aromatic rings. The van der Waals surface area contributed by atoms with Crippen molar-refractivity contribution >= 4 is 46.2 Å². The molecule has 0 aliphatic heterocycles. The van der Waals surface area contributed by atoms with Crippen LogP contribution < -0.4 is 11.1 Å². The standard InChI is InChI=1S/C14H12Cl2N2O2/c1-20-14(19)12-7-10(17)2-3-13(12)18-11-5-8(15)4-9(16)6-11/h2-7,18H,17H2,1H3. The summed E-state index contributed by atoms with van der Waals surface area (Å²) < 4.78 is 4.73. The number of anilines is 3. The number of carbonyl (C=O) groups is 1. The average Bonchev–Trinajstić information content (AvgIpc) is 2.38. The Labute approximate surface area is 126 Å². The fourth-order valence-electron chi connectivity index (χ4n) is 1.73. The number of hydrogen-bond donors (Lipinski definition) is 2. The van der Waals surface area contributed by atoms with Gasteiger partial charge in [0.1, 0.15) is 0 Å². The van der Waals surface area contributed by atoms with E-state index in [-0.39, 0.29) is 0 Å². The molecule has 6 heteroatoms. The van der Waals surface area contributed by atoms with Crippen molar-refractivity contribution in [1.29, 1.82) is 0 Å². The van der Waals surface area contributed by atoms with Crippen LogP contribution in [0.4, 0.5) is 17.1 Å². The summed E-state index contributed by atoms with van der Waals surface area (Å²) in [5, 5.41) is 4.06. The molecule has 0 atom stereocenters. The second-order valence-corrected chi connectivity index (χ2v) is 4.95. The molecule has 2 rings (SSSR count). The highest BCUT2D eigenvalue weighted by molar-refractivity contribution is 6.35. The van der Waals surface area contributed by atoms with E-state index in [1.165, 1.54) is 7.11 Å². The van der Waals surface area contributed by atoms with Gasteiger partial charge in [0, 0.05) is 21.4 Å². The molecular formula is C14H12Cl2N2O2. The quantitative estimate of drug-likeness (QED) is 0.661. The second-order valence-electron chi connectivity index (χ2n) is 4.08. The first-order valence-corrected chi connectivity index (χ1v) is 6.46. The number of halogens is 2. The van der Waals surface area contributed by atoms with Crippen LogP contribution in [0.5, 0.6) is 0 Å². The van der Waals surface area contributed by atoms with Crippen molar-refractivity contribution in [2.24, 2.45) is 0 Å². The molecule has 0 saturated heterocycles. The van der Waals surface area contributed by atoms with Crippen LogP contribution in [0.3, 0.4) is 0 Å². The minimum Gasteiger partial charge on any atom is -0.465 e. The lowest BCUT2D eigenvalue weighted by atomic mass is 10.1. The van der Waals surface area contributed by atoms with E-state index in [0.29, 0.717) is 32.7 Å². The molecule has 3 N–H and O–H groups in total. The molecule has 4 nitrogen and oxygen atoms in total. The fraction of sp³-hybridized carbons (Fsp3) is 0.0714. The van der Waals surface area contributed by atoms with Crippen molar-refractivity contribution in [1.82, 2.24) is 0 Å². The summed E-state index contributed by atoms with van der Waals surface area (Å²) in [6.45, 7) is 0. The number of nitrogens with two attached hydrogens (primary N) is 1. The summed E-state index contributed by atoms with van der Waals surface area (Å²) >= 11 is 11.9. The van der Waals surface area contributed by atoms with Crippen molar-refractivity contribution in [2.75, 3.05) is 18.2 Å². The summed E-state index contributed by atoms with van der Waals surface area (Å²) in [7, 11) is 1.31. The Morgan fingerprint density at radius 2 is 1.80 bits per heavy atom. The average molecular weight is 311 g/mol. The van der Waals surface area contributed by atoms with Crippen LogP contribution in [0.25, 0.3) is 0 Å². The molecular weight excluding hydrogens is 299 g/mol. The predicted molar refractivity (Wildman–Crippen MR) is 81.9 cm³/mol. The van der Waals surface area contributed by atoms with Crippen LogP contribution in [0.1, 0.15) is 10.4 Å². The van der Waals surface area contributed by atoms with Gasteiger partial charge in [-0.25, -0.2) is 4.79 Å². The normalized spacial score (nSPS) is 10.2. The SMILES string of the molecule is COC(=O)c1cc(N)ccc1Nc1cc(Cl)cc(Cl)c1. The Kier molecular flexibility index (Phi) is 4.37. The Bertz CT molecular complexity index is 639. The van der Waals surface area contributed by atoms with E-state index >= 15 is 0 Å². The summed E-state index contributed by atoms with van der Waals surface area (Å²) in [6.07, 6.45) is 0. The van der Waals surface area contributed by atoms with Crippen molar-refractivity contribution < 1.29 is 9.53 Å². The van der Waals surface area contributed by atoms with E-state index in [1.54, 1.807) is 36.4 Å². The topological polar surface area (TPSA) is 64.3 Å². The molecule has 2 aromatic carbocycles. The molecule has 0 aliphatic rings. The van der Waals surface area contributed by atoms with Crippen molar-refractivity contribution in [3.63, 3.8) is 0 Å². The lowest BCUT2D eigenvalue weighted by molar-refractivity contribution is 0.0602. The number of methoxy groups -OCH3 is 1. The van der Waals surface area contributed by atoms with E-state index in [2.05, 4.69) is 5.32 Å². The van der Waals surface area contributed by atoms with Gasteiger partial charge in [-0.2, -0.15) is 0 Å². The number of benzene rings is 2. The maximum Gasteiger partial charge on any atom is 0.340 e. The number of esters is 1. The third-order valence-corrected chi connectivity index (χ3v) is 3.03. The smallest absolute Gasteiger partial charge is 0.340 e. The van der Waals surface area contributed by atoms with Crippen LogP contribution in [-0.2, 0) is 4.74 Å². The number of nitrogens with one attached hydrogen (secondary N) is 1. The highest BCUT2D eigenvalue weighted by atomic mass is 35.5. The van der Waals surface area contributed by atoms with Crippen molar-refractivity contribution in [3.05, 3.63) is 52.0 Å². The zero-order valence-electron chi connectivity index (χ0n) is 10.6. The zero-order valence-corrected chi connectivity index (χ0v) is 12.1. The first-order chi connectivity index (χ1) is 9.49. The van der Waals surface area contributed by atoms with Gasteiger partial charge in [0.05, 0.1) is 18.4 Å². The number of rotatable bonds is 3. The van der Waals surface area contributed by atoms with Gasteiger partial charge < -0.3 is 15.8 Å². The van der Waals surface area contributed by atoms with Gasteiger partial charge in [0.25, 0.3) is 0 Å². The molecule has 0 amide bonds. The molecule has 104 valence electrons. The Balaban J connectivity index is 2.40. The molecule has 0 saturated carbocycles. The first-order valence-electron chi connectivity index (χ1n) is 5.70. The van der Waals surface area contributed by atoms with Gasteiger partial charge in [-0.15, -0.1) is 0 Å². The zero-order chi connectivity index (χ0) is 14.7. The van der Waals surface area contributed by atoms with Gasteiger partial charge in [-0.1, -0.05) is 23.2 Å². The van der Waals surface area contributed by atoms with Crippen molar-refractivity contribution in [3.8, 4) is 0 Å². The molecule has 0 spiro atoms. The van der Waals surface area contributed by atoms with Crippen LogP contribution in [0, 0.1) is 0 Å². The molecule has 0 radical (unpaired) electrons. The largest absolute Gasteiger partial charge is 0.465 e. The van der Waals surface area contributed by atoms with Gasteiger partial charge in [0.2, 0.25) is 0 Å². The number of ether oxygens (including phenoxy) is 1. The number of nitrogen functional groups attached to an aromatic ring is 1. The molecule has 0 aromatic heterocycles. The molecule has 0 aliphatic carbocycles. The molecule has 0 fully saturated rings. The third-order valence-electron chi connectivity index (χ3n) is 2.59. The first kappa shape index (κ1) is 14.5. The summed E-state index contributed by atoms with van der Waals surface area (Å²) in [6, 6.07) is 9.94. The van der Waals surface area contributed by atoms with Crippen LogP contribution >= 0.6 is 23.2 Å². The molecule has 0 unspecified atom stereocenters. The third kappa shape index (κ3) is 3.35. The van der Waals surface area contributed by atoms with Gasteiger partial charge >= 0.3 is 5.97 Å². The summed E-state index contributed by atoms with van der Waals surface area (Å²) in [5.41, 5.74) is 7.72. The Morgan fingerprint density at radius 1 is 1.15 bits per heavy atom. The molecule has 0 bridgehead atoms. The van der Waals surface area contributed by atoms with Crippen LogP contribution in [-0.4, -0.2) is 13.1 Å². The highest BCUT2D eigenvalue weighted by Crippen LogP contribution is 2.28. The lowest BCUT2D eigenvalue weighted by Gasteiger charge is -2.12. The minimum absolute atomic E-state index is 0.337. The molecule has 0 heterocycles. The van der Waals surface area contributed by atoms with Crippen molar-refractivity contribution in [2.45, 2.75) is 0 Å². The van der Waals surface area contributed by atoms with E-state index in [4.69, 9.17) is 33.7 Å². The second kappa shape index (κ2) is 6.03. The highest BCUT2D eigenvalue weighted by Gasteiger charge is 2.12. The van der Waals surface area contributed by atoms with Gasteiger partial charge in [-0.05, 0) is 36.4 Å².